The van der Waals surface area contributed by atoms with Crippen LogP contribution < -0.4 is 10.1 Å². The van der Waals surface area contributed by atoms with E-state index in [9.17, 15) is 0 Å². The molecule has 100 valence electrons. The van der Waals surface area contributed by atoms with Crippen LogP contribution >= 0.6 is 0 Å². The Kier molecular flexibility index (Phi) is 4.61. The second-order valence-corrected chi connectivity index (χ2v) is 5.11. The number of rotatable bonds is 4. The fraction of sp³-hybridized carbons (Fsp3) is 0.600. The third-order valence-corrected chi connectivity index (χ3v) is 3.49. The molecule has 1 N–H and O–H groups in total. The van der Waals surface area contributed by atoms with Crippen LogP contribution in [0, 0.1) is 0 Å². The van der Waals surface area contributed by atoms with Gasteiger partial charge in [0, 0.05) is 12.6 Å². The van der Waals surface area contributed by atoms with Gasteiger partial charge in [-0.3, -0.25) is 0 Å². The highest BCUT2D eigenvalue weighted by Crippen LogP contribution is 2.28. The molecule has 1 aliphatic rings. The summed E-state index contributed by atoms with van der Waals surface area (Å²) in [7, 11) is 1.99. The number of benzene rings is 1. The zero-order valence-corrected chi connectivity index (χ0v) is 11.5. The molecule has 1 aliphatic heterocycles. The van der Waals surface area contributed by atoms with Gasteiger partial charge >= 0.3 is 0 Å². The summed E-state index contributed by atoms with van der Waals surface area (Å²) in [6.07, 6.45) is 1.11. The second kappa shape index (κ2) is 6.21. The lowest BCUT2D eigenvalue weighted by Crippen LogP contribution is -2.48. The minimum Gasteiger partial charge on any atom is -0.486 e. The third-order valence-electron chi connectivity index (χ3n) is 3.49. The Labute approximate surface area is 109 Å². The van der Waals surface area contributed by atoms with Gasteiger partial charge < -0.3 is 14.8 Å². The number of hydrogen-bond donors (Lipinski definition) is 1. The van der Waals surface area contributed by atoms with E-state index in [0.29, 0.717) is 18.6 Å². The molecule has 2 atom stereocenters. The van der Waals surface area contributed by atoms with Crippen LogP contribution in [-0.2, 0) is 4.74 Å². The molecule has 0 spiro atoms. The summed E-state index contributed by atoms with van der Waals surface area (Å²) in [5.74, 6) is 1.46. The van der Waals surface area contributed by atoms with Crippen LogP contribution in [0.4, 0.5) is 0 Å². The Balaban J connectivity index is 2.12. The van der Waals surface area contributed by atoms with Crippen molar-refractivity contribution in [1.29, 1.82) is 0 Å². The van der Waals surface area contributed by atoms with Gasteiger partial charge in [-0.15, -0.1) is 0 Å². The standard InChI is InChI=1S/C15H23NO2/c1-11(2)12-6-4-5-7-14(12)18-15-10-17-9-8-13(15)16-3/h4-7,11,13,15-16H,8-10H2,1-3H3. The highest BCUT2D eigenvalue weighted by atomic mass is 16.5. The first kappa shape index (κ1) is 13.4. The lowest BCUT2D eigenvalue weighted by molar-refractivity contribution is -0.0133. The zero-order valence-electron chi connectivity index (χ0n) is 11.5. The van der Waals surface area contributed by atoms with E-state index in [-0.39, 0.29) is 6.10 Å². The van der Waals surface area contributed by atoms with E-state index in [2.05, 4.69) is 37.4 Å². The lowest BCUT2D eigenvalue weighted by Gasteiger charge is -2.32. The maximum atomic E-state index is 6.16. The summed E-state index contributed by atoms with van der Waals surface area (Å²) >= 11 is 0. The van der Waals surface area contributed by atoms with Gasteiger partial charge in [-0.2, -0.15) is 0 Å². The molecule has 2 rings (SSSR count). The van der Waals surface area contributed by atoms with Gasteiger partial charge in [-0.25, -0.2) is 0 Å². The SMILES string of the molecule is CNC1CCOCC1Oc1ccccc1C(C)C. The van der Waals surface area contributed by atoms with E-state index >= 15 is 0 Å². The van der Waals surface area contributed by atoms with E-state index in [0.717, 1.165) is 18.8 Å². The number of para-hydroxylation sites is 1. The molecule has 3 nitrogen and oxygen atoms in total. The average Bonchev–Trinajstić information content (AvgIpc) is 2.40. The summed E-state index contributed by atoms with van der Waals surface area (Å²) in [5, 5.41) is 3.32. The Morgan fingerprint density at radius 3 is 2.83 bits per heavy atom. The van der Waals surface area contributed by atoms with E-state index in [4.69, 9.17) is 9.47 Å². The van der Waals surface area contributed by atoms with Crippen molar-refractivity contribution in [2.75, 3.05) is 20.3 Å². The molecule has 3 heteroatoms. The molecule has 1 heterocycles. The first-order chi connectivity index (χ1) is 8.72. The molecule has 1 aromatic carbocycles. The van der Waals surface area contributed by atoms with Crippen molar-refractivity contribution in [1.82, 2.24) is 5.32 Å². The normalized spacial score (nSPS) is 24.2. The monoisotopic (exact) mass is 249 g/mol. The molecule has 0 saturated carbocycles. The van der Waals surface area contributed by atoms with Crippen molar-refractivity contribution in [2.24, 2.45) is 0 Å². The molecule has 2 unspecified atom stereocenters. The zero-order chi connectivity index (χ0) is 13.0. The fourth-order valence-corrected chi connectivity index (χ4v) is 2.39. The average molecular weight is 249 g/mol. The topological polar surface area (TPSA) is 30.5 Å². The van der Waals surface area contributed by atoms with Crippen molar-refractivity contribution in [2.45, 2.75) is 38.3 Å². The first-order valence-electron chi connectivity index (χ1n) is 6.73. The quantitative estimate of drug-likeness (QED) is 0.889. The Morgan fingerprint density at radius 2 is 2.11 bits per heavy atom. The summed E-state index contributed by atoms with van der Waals surface area (Å²) in [4.78, 5) is 0. The number of ether oxygens (including phenoxy) is 2. The minimum atomic E-state index is 0.101. The summed E-state index contributed by atoms with van der Waals surface area (Å²) < 4.78 is 11.7. The molecular formula is C15H23NO2. The van der Waals surface area contributed by atoms with Crippen LogP contribution in [0.25, 0.3) is 0 Å². The number of likely N-dealkylation sites (N-methyl/N-ethyl adjacent to an activating group) is 1. The van der Waals surface area contributed by atoms with Gasteiger partial charge in [0.1, 0.15) is 11.9 Å². The molecule has 1 aromatic rings. The molecule has 1 saturated heterocycles. The van der Waals surface area contributed by atoms with Crippen molar-refractivity contribution in [3.05, 3.63) is 29.8 Å². The van der Waals surface area contributed by atoms with E-state index < -0.39 is 0 Å². The maximum absolute atomic E-state index is 6.16. The predicted octanol–water partition coefficient (Wildman–Crippen LogP) is 2.57. The van der Waals surface area contributed by atoms with E-state index in [1.54, 1.807) is 0 Å². The summed E-state index contributed by atoms with van der Waals surface area (Å²) in [6.45, 7) is 5.86. The molecule has 0 aromatic heterocycles. The van der Waals surface area contributed by atoms with Gasteiger partial charge in [-0.05, 0) is 31.0 Å². The van der Waals surface area contributed by atoms with Crippen LogP contribution in [0.1, 0.15) is 31.7 Å². The van der Waals surface area contributed by atoms with Crippen molar-refractivity contribution in [3.63, 3.8) is 0 Å². The largest absolute Gasteiger partial charge is 0.486 e. The molecular weight excluding hydrogens is 226 g/mol. The Morgan fingerprint density at radius 1 is 1.33 bits per heavy atom. The highest BCUT2D eigenvalue weighted by molar-refractivity contribution is 5.35. The Bertz CT molecular complexity index is 379. The predicted molar refractivity (Wildman–Crippen MR) is 73.2 cm³/mol. The van der Waals surface area contributed by atoms with Gasteiger partial charge in [-0.1, -0.05) is 32.0 Å². The molecule has 0 amide bonds. The van der Waals surface area contributed by atoms with Gasteiger partial charge in [0.15, 0.2) is 0 Å². The Hall–Kier alpha value is -1.06. The van der Waals surface area contributed by atoms with E-state index in [1.807, 2.05) is 13.1 Å². The lowest BCUT2D eigenvalue weighted by atomic mass is 10.0. The van der Waals surface area contributed by atoms with Crippen LogP contribution in [-0.4, -0.2) is 32.4 Å². The first-order valence-corrected chi connectivity index (χ1v) is 6.73. The van der Waals surface area contributed by atoms with Crippen molar-refractivity contribution >= 4 is 0 Å². The van der Waals surface area contributed by atoms with Gasteiger partial charge in [0.2, 0.25) is 0 Å². The molecule has 18 heavy (non-hydrogen) atoms. The smallest absolute Gasteiger partial charge is 0.137 e. The third kappa shape index (κ3) is 3.03. The minimum absolute atomic E-state index is 0.101. The van der Waals surface area contributed by atoms with Crippen LogP contribution in [0.15, 0.2) is 24.3 Å². The van der Waals surface area contributed by atoms with Crippen LogP contribution in [0.5, 0.6) is 5.75 Å². The fourth-order valence-electron chi connectivity index (χ4n) is 2.39. The second-order valence-electron chi connectivity index (χ2n) is 5.11. The number of hydrogen-bond acceptors (Lipinski definition) is 3. The summed E-state index contributed by atoms with van der Waals surface area (Å²) in [6, 6.07) is 8.65. The van der Waals surface area contributed by atoms with E-state index in [1.165, 1.54) is 5.56 Å². The molecule has 0 radical (unpaired) electrons. The van der Waals surface area contributed by atoms with Crippen LogP contribution in [0.2, 0.25) is 0 Å². The van der Waals surface area contributed by atoms with Crippen LogP contribution in [0.3, 0.4) is 0 Å². The summed E-state index contributed by atoms with van der Waals surface area (Å²) in [5.41, 5.74) is 1.26. The van der Waals surface area contributed by atoms with Gasteiger partial charge in [0.25, 0.3) is 0 Å². The molecule has 0 aliphatic carbocycles. The molecule has 0 bridgehead atoms. The van der Waals surface area contributed by atoms with Crippen molar-refractivity contribution < 1.29 is 9.47 Å². The van der Waals surface area contributed by atoms with Crippen molar-refractivity contribution in [3.8, 4) is 5.75 Å². The maximum Gasteiger partial charge on any atom is 0.137 e. The highest BCUT2D eigenvalue weighted by Gasteiger charge is 2.26. The number of nitrogens with one attached hydrogen (secondary N) is 1. The molecule has 1 fully saturated rings. The van der Waals surface area contributed by atoms with Gasteiger partial charge in [0.05, 0.1) is 6.61 Å².